The number of rotatable bonds is 2. The van der Waals surface area contributed by atoms with Crippen molar-refractivity contribution in [2.45, 2.75) is 12.0 Å². The summed E-state index contributed by atoms with van der Waals surface area (Å²) >= 11 is 3.49. The van der Waals surface area contributed by atoms with Gasteiger partial charge in [-0.15, -0.1) is 0 Å². The third-order valence-electron chi connectivity index (χ3n) is 5.88. The van der Waals surface area contributed by atoms with Crippen LogP contribution in [0.1, 0.15) is 17.1 Å². The average Bonchev–Trinajstić information content (AvgIpc) is 3.01. The Balaban J connectivity index is 1.62. The fourth-order valence-electron chi connectivity index (χ4n) is 4.44. The summed E-state index contributed by atoms with van der Waals surface area (Å²) in [6.07, 6.45) is 0.206. The maximum atomic E-state index is 13.4. The zero-order valence-corrected chi connectivity index (χ0v) is 17.9. The molecule has 0 saturated carbocycles. The first-order chi connectivity index (χ1) is 15.0. The van der Waals surface area contributed by atoms with Crippen LogP contribution in [0.3, 0.4) is 0 Å². The molecular formula is C25H16BrN3O2. The number of para-hydroxylation sites is 2. The summed E-state index contributed by atoms with van der Waals surface area (Å²) in [6, 6.07) is 24.6. The average molecular weight is 470 g/mol. The molecule has 0 fully saturated rings. The van der Waals surface area contributed by atoms with Gasteiger partial charge in [-0.1, -0.05) is 58.4 Å². The molecule has 1 N–H and O–H groups in total. The van der Waals surface area contributed by atoms with Crippen LogP contribution in [0.2, 0.25) is 0 Å². The second-order valence-electron chi connectivity index (χ2n) is 7.79. The maximum absolute atomic E-state index is 13.4. The number of aromatic nitrogens is 3. The van der Waals surface area contributed by atoms with Gasteiger partial charge in [-0.2, -0.15) is 0 Å². The summed E-state index contributed by atoms with van der Waals surface area (Å²) in [5.74, 6) is 0.319. The van der Waals surface area contributed by atoms with E-state index in [2.05, 4.69) is 15.9 Å². The van der Waals surface area contributed by atoms with Gasteiger partial charge >= 0.3 is 0 Å². The van der Waals surface area contributed by atoms with Crippen LogP contribution in [0.4, 0.5) is 0 Å². The standard InChI is InChI=1S/C25H16BrN3O2/c26-16-10-12-19-22(13-16)29-23(30)18-6-2-4-8-21(18)28-24(29)25(19,31)14-17-11-9-15-5-1-3-7-20(15)27-17/h1-13,31H,14H2. The first-order valence-corrected chi connectivity index (χ1v) is 10.7. The van der Waals surface area contributed by atoms with Crippen LogP contribution in [0.5, 0.6) is 0 Å². The zero-order chi connectivity index (χ0) is 21.2. The molecule has 1 aliphatic heterocycles. The predicted octanol–water partition coefficient (Wildman–Crippen LogP) is 4.49. The normalized spacial score (nSPS) is 17.1. The predicted molar refractivity (Wildman–Crippen MR) is 123 cm³/mol. The molecule has 0 radical (unpaired) electrons. The van der Waals surface area contributed by atoms with Crippen molar-refractivity contribution >= 4 is 37.7 Å². The lowest BCUT2D eigenvalue weighted by Gasteiger charge is -2.23. The van der Waals surface area contributed by atoms with E-state index in [9.17, 15) is 9.90 Å². The molecule has 5 aromatic rings. The van der Waals surface area contributed by atoms with Crippen LogP contribution in [0, 0.1) is 0 Å². The van der Waals surface area contributed by atoms with Crippen LogP contribution in [-0.2, 0) is 12.0 Å². The van der Waals surface area contributed by atoms with E-state index in [1.165, 1.54) is 4.57 Å². The molecule has 0 amide bonds. The Labute approximate surface area is 185 Å². The summed E-state index contributed by atoms with van der Waals surface area (Å²) in [6.45, 7) is 0. The molecule has 0 saturated heterocycles. The van der Waals surface area contributed by atoms with E-state index < -0.39 is 5.60 Å². The van der Waals surface area contributed by atoms with E-state index in [0.717, 1.165) is 21.1 Å². The Kier molecular flexibility index (Phi) is 3.91. The molecular weight excluding hydrogens is 454 g/mol. The number of nitrogens with zero attached hydrogens (tertiary/aromatic N) is 3. The third kappa shape index (κ3) is 2.69. The topological polar surface area (TPSA) is 68.0 Å². The maximum Gasteiger partial charge on any atom is 0.266 e. The van der Waals surface area contributed by atoms with Gasteiger partial charge in [0.1, 0.15) is 0 Å². The number of pyridine rings is 1. The Morgan fingerprint density at radius 3 is 2.55 bits per heavy atom. The quantitative estimate of drug-likeness (QED) is 0.413. The van der Waals surface area contributed by atoms with Crippen LogP contribution < -0.4 is 5.56 Å². The van der Waals surface area contributed by atoms with E-state index in [0.29, 0.717) is 28.0 Å². The Morgan fingerprint density at radius 2 is 1.68 bits per heavy atom. The molecule has 0 aliphatic carbocycles. The molecule has 6 rings (SSSR count). The lowest BCUT2D eigenvalue weighted by Crippen LogP contribution is -2.32. The van der Waals surface area contributed by atoms with Gasteiger partial charge in [0.15, 0.2) is 11.4 Å². The number of halogens is 1. The minimum atomic E-state index is -1.48. The van der Waals surface area contributed by atoms with Crippen molar-refractivity contribution in [3.05, 3.63) is 111 Å². The van der Waals surface area contributed by atoms with E-state index in [1.807, 2.05) is 66.7 Å². The minimum Gasteiger partial charge on any atom is -0.377 e. The molecule has 3 aromatic carbocycles. The first-order valence-electron chi connectivity index (χ1n) is 9.94. The molecule has 0 spiro atoms. The van der Waals surface area contributed by atoms with Crippen molar-refractivity contribution in [1.29, 1.82) is 0 Å². The molecule has 31 heavy (non-hydrogen) atoms. The van der Waals surface area contributed by atoms with Crippen LogP contribution >= 0.6 is 15.9 Å². The van der Waals surface area contributed by atoms with Crippen molar-refractivity contribution in [2.24, 2.45) is 0 Å². The number of hydrogen-bond donors (Lipinski definition) is 1. The number of fused-ring (bicyclic) bond motifs is 5. The molecule has 0 bridgehead atoms. The van der Waals surface area contributed by atoms with Gasteiger partial charge in [0.2, 0.25) is 0 Å². The first kappa shape index (κ1) is 18.4. The van der Waals surface area contributed by atoms with E-state index in [1.54, 1.807) is 12.1 Å². The zero-order valence-electron chi connectivity index (χ0n) is 16.3. The molecule has 3 heterocycles. The summed E-state index contributed by atoms with van der Waals surface area (Å²) in [7, 11) is 0. The fourth-order valence-corrected chi connectivity index (χ4v) is 4.79. The summed E-state index contributed by atoms with van der Waals surface area (Å²) in [5.41, 5.74) is 1.76. The van der Waals surface area contributed by atoms with Crippen molar-refractivity contribution < 1.29 is 5.11 Å². The smallest absolute Gasteiger partial charge is 0.266 e. The van der Waals surface area contributed by atoms with Gasteiger partial charge < -0.3 is 5.11 Å². The second kappa shape index (κ2) is 6.57. The highest BCUT2D eigenvalue weighted by Gasteiger charge is 2.45. The van der Waals surface area contributed by atoms with Gasteiger partial charge in [0, 0.05) is 27.5 Å². The molecule has 1 unspecified atom stereocenters. The van der Waals surface area contributed by atoms with Crippen molar-refractivity contribution in [2.75, 3.05) is 0 Å². The highest BCUT2D eigenvalue weighted by atomic mass is 79.9. The van der Waals surface area contributed by atoms with E-state index >= 15 is 0 Å². The summed E-state index contributed by atoms with van der Waals surface area (Å²) in [4.78, 5) is 22.9. The van der Waals surface area contributed by atoms with Crippen molar-refractivity contribution in [3.8, 4) is 5.69 Å². The molecule has 5 nitrogen and oxygen atoms in total. The molecule has 1 atom stereocenters. The highest BCUT2D eigenvalue weighted by molar-refractivity contribution is 9.10. The minimum absolute atomic E-state index is 0.192. The van der Waals surface area contributed by atoms with Gasteiger partial charge in [-0.3, -0.25) is 14.3 Å². The van der Waals surface area contributed by atoms with Crippen LogP contribution in [0.25, 0.3) is 27.5 Å². The lowest BCUT2D eigenvalue weighted by molar-refractivity contribution is 0.0764. The SMILES string of the molecule is O=c1c2ccccc2nc2n1-c1cc(Br)ccc1C2(O)Cc1ccc2ccccc2n1. The van der Waals surface area contributed by atoms with E-state index in [4.69, 9.17) is 9.97 Å². The summed E-state index contributed by atoms with van der Waals surface area (Å²) < 4.78 is 2.36. The number of benzene rings is 3. The molecule has 2 aromatic heterocycles. The Morgan fingerprint density at radius 1 is 0.903 bits per heavy atom. The lowest BCUT2D eigenvalue weighted by atomic mass is 9.89. The number of aliphatic hydroxyl groups is 1. The van der Waals surface area contributed by atoms with Gasteiger partial charge in [0.05, 0.1) is 22.1 Å². The van der Waals surface area contributed by atoms with Crippen molar-refractivity contribution in [1.82, 2.24) is 14.5 Å². The fraction of sp³-hybridized carbons (Fsp3) is 0.0800. The van der Waals surface area contributed by atoms with Crippen LogP contribution in [-0.4, -0.2) is 19.6 Å². The third-order valence-corrected chi connectivity index (χ3v) is 6.38. The molecule has 1 aliphatic rings. The van der Waals surface area contributed by atoms with Gasteiger partial charge in [-0.05, 0) is 36.4 Å². The van der Waals surface area contributed by atoms with Gasteiger partial charge in [-0.25, -0.2) is 4.98 Å². The van der Waals surface area contributed by atoms with E-state index in [-0.39, 0.29) is 12.0 Å². The number of hydrogen-bond acceptors (Lipinski definition) is 4. The largest absolute Gasteiger partial charge is 0.377 e. The van der Waals surface area contributed by atoms with Gasteiger partial charge in [0.25, 0.3) is 5.56 Å². The molecule has 150 valence electrons. The second-order valence-corrected chi connectivity index (χ2v) is 8.70. The highest BCUT2D eigenvalue weighted by Crippen LogP contribution is 2.42. The molecule has 6 heteroatoms. The monoisotopic (exact) mass is 469 g/mol. The summed E-state index contributed by atoms with van der Waals surface area (Å²) in [5, 5.41) is 13.6. The van der Waals surface area contributed by atoms with Crippen LogP contribution in [0.15, 0.2) is 88.1 Å². The Bertz CT molecular complexity index is 1580. The Hall–Kier alpha value is -3.35. The van der Waals surface area contributed by atoms with Crippen molar-refractivity contribution in [3.63, 3.8) is 0 Å².